The van der Waals surface area contributed by atoms with Gasteiger partial charge in [0, 0.05) is 6.92 Å². The van der Waals surface area contributed by atoms with Gasteiger partial charge in [0.05, 0.1) is 12.7 Å². The van der Waals surface area contributed by atoms with Crippen molar-refractivity contribution in [3.63, 3.8) is 0 Å². The fourth-order valence-electron chi connectivity index (χ4n) is 2.21. The van der Waals surface area contributed by atoms with Crippen molar-refractivity contribution in [1.29, 1.82) is 0 Å². The Morgan fingerprint density at radius 3 is 1.92 bits per heavy atom. The van der Waals surface area contributed by atoms with Crippen LogP contribution < -0.4 is 5.32 Å². The lowest BCUT2D eigenvalue weighted by atomic mass is 9.78. The lowest BCUT2D eigenvalue weighted by Gasteiger charge is -2.39. The Kier molecular flexibility index (Phi) is 9.41. The maximum absolute atomic E-state index is 12.5. The van der Waals surface area contributed by atoms with Crippen LogP contribution in [-0.2, 0) is 14.4 Å². The number of aldehydes is 1. The van der Waals surface area contributed by atoms with Crippen LogP contribution in [0, 0.1) is 0 Å². The summed E-state index contributed by atoms with van der Waals surface area (Å²) in [6.45, 7) is 0.753. The quantitative estimate of drug-likeness (QED) is 0.153. The van der Waals surface area contributed by atoms with Crippen LogP contribution in [0.4, 0.5) is 0 Å². The van der Waals surface area contributed by atoms with Gasteiger partial charge in [-0.05, 0) is 6.92 Å². The minimum Gasteiger partial charge on any atom is -0.394 e. The molecular weight excluding hydrogens is 358 g/mol. The Hall–Kier alpha value is -1.51. The summed E-state index contributed by atoms with van der Waals surface area (Å²) in [5.41, 5.74) is -3.38. The minimum atomic E-state index is -3.38. The molecular formula is C14H25NO11. The molecule has 0 aliphatic carbocycles. The first-order valence-electron chi connectivity index (χ1n) is 7.54. The second-order valence-corrected chi connectivity index (χ2v) is 5.87. The molecule has 0 aliphatic rings. The maximum Gasteiger partial charge on any atom is 0.217 e. The molecule has 12 heteroatoms. The largest absolute Gasteiger partial charge is 0.394 e. The van der Waals surface area contributed by atoms with Crippen molar-refractivity contribution in [2.75, 3.05) is 6.61 Å². The second kappa shape index (κ2) is 9.99. The molecule has 1 amide bonds. The highest BCUT2D eigenvalue weighted by molar-refractivity contribution is 5.97. The van der Waals surface area contributed by atoms with Crippen molar-refractivity contribution in [3.05, 3.63) is 0 Å². The molecule has 0 unspecified atom stereocenters. The average molecular weight is 383 g/mol. The zero-order valence-electron chi connectivity index (χ0n) is 14.1. The van der Waals surface area contributed by atoms with Crippen molar-refractivity contribution in [3.8, 4) is 0 Å². The molecule has 0 aliphatic heterocycles. The van der Waals surface area contributed by atoms with Gasteiger partial charge in [0.15, 0.2) is 5.60 Å². The Balaban J connectivity index is 6.02. The number of amides is 1. The highest BCUT2D eigenvalue weighted by Gasteiger charge is 2.56. The van der Waals surface area contributed by atoms with Gasteiger partial charge in [0.25, 0.3) is 0 Å². The van der Waals surface area contributed by atoms with Gasteiger partial charge >= 0.3 is 0 Å². The molecule has 0 rings (SSSR count). The molecule has 0 spiro atoms. The third-order valence-electron chi connectivity index (χ3n) is 3.80. The molecule has 8 atom stereocenters. The smallest absolute Gasteiger partial charge is 0.217 e. The third-order valence-corrected chi connectivity index (χ3v) is 3.80. The molecule has 0 aromatic heterocycles. The molecule has 0 radical (unpaired) electrons. The van der Waals surface area contributed by atoms with Crippen LogP contribution in [0.25, 0.3) is 0 Å². The van der Waals surface area contributed by atoms with E-state index in [1.165, 1.54) is 0 Å². The number of hydrogen-bond acceptors (Lipinski definition) is 11. The van der Waals surface area contributed by atoms with E-state index in [4.69, 9.17) is 5.11 Å². The number of carbonyl (C=O) groups is 3. The molecule has 0 saturated heterocycles. The molecule has 26 heavy (non-hydrogen) atoms. The topological polar surface area (TPSA) is 225 Å². The summed E-state index contributed by atoms with van der Waals surface area (Å²) in [5, 5.41) is 79.2. The van der Waals surface area contributed by atoms with Crippen LogP contribution in [0.3, 0.4) is 0 Å². The first-order chi connectivity index (χ1) is 11.9. The van der Waals surface area contributed by atoms with Crippen LogP contribution in [0.1, 0.15) is 13.8 Å². The van der Waals surface area contributed by atoms with Gasteiger partial charge in [-0.2, -0.15) is 0 Å². The van der Waals surface area contributed by atoms with E-state index in [1.807, 2.05) is 5.32 Å². The van der Waals surface area contributed by atoms with Crippen molar-refractivity contribution in [2.45, 2.75) is 62.1 Å². The van der Waals surface area contributed by atoms with Crippen molar-refractivity contribution < 1.29 is 55.2 Å². The Morgan fingerprint density at radius 2 is 1.58 bits per heavy atom. The predicted octanol–water partition coefficient (Wildman–Crippen LogP) is -5.83. The maximum atomic E-state index is 12.5. The van der Waals surface area contributed by atoms with E-state index in [1.54, 1.807) is 0 Å². The van der Waals surface area contributed by atoms with Gasteiger partial charge < -0.3 is 51.0 Å². The molecule has 0 saturated carbocycles. The van der Waals surface area contributed by atoms with E-state index in [0.29, 0.717) is 0 Å². The molecule has 0 aromatic carbocycles. The minimum absolute atomic E-state index is 0.170. The first-order valence-corrected chi connectivity index (χ1v) is 7.54. The number of hydrogen-bond donors (Lipinski definition) is 9. The number of rotatable bonds is 11. The fraction of sp³-hybridized carbons (Fsp3) is 0.786. The number of ketones is 1. The van der Waals surface area contributed by atoms with Crippen molar-refractivity contribution in [1.82, 2.24) is 5.32 Å². The van der Waals surface area contributed by atoms with Gasteiger partial charge in [-0.1, -0.05) is 0 Å². The second-order valence-electron chi connectivity index (χ2n) is 5.87. The van der Waals surface area contributed by atoms with E-state index < -0.39 is 66.6 Å². The Morgan fingerprint density at radius 1 is 1.08 bits per heavy atom. The van der Waals surface area contributed by atoms with Crippen LogP contribution >= 0.6 is 0 Å². The average Bonchev–Trinajstić information content (AvgIpc) is 2.60. The Labute approximate surface area is 148 Å². The normalized spacial score (nSPS) is 22.1. The van der Waals surface area contributed by atoms with Gasteiger partial charge in [0.1, 0.15) is 42.8 Å². The molecule has 152 valence electrons. The highest BCUT2D eigenvalue weighted by Crippen LogP contribution is 2.24. The SMILES string of the molecule is CC(=O)N[C@@H](C=O)[C@](O)(C(=O)[C@H](O)[C@@H](O)[C@H](O)[C@@H](C)O)[C@@H](O)[C@H](O)CO. The number of carbonyl (C=O) groups excluding carboxylic acids is 3. The molecule has 0 bridgehead atoms. The Bertz CT molecular complexity index is 499. The zero-order chi connectivity index (χ0) is 20.8. The standard InChI is InChI=1S/C14H25NO11/c1-5(18)9(21)10(22)11(23)13(25)14(26,12(24)7(20)3-16)8(4-17)15-6(2)19/h4-5,7-12,16,18,20-24,26H,3H2,1-2H3,(H,15,19)/t5-,7-,8+,9-,10+,11-,12+,14-/m1/s1. The molecule has 0 fully saturated rings. The monoisotopic (exact) mass is 383 g/mol. The van der Waals surface area contributed by atoms with Crippen molar-refractivity contribution in [2.24, 2.45) is 0 Å². The van der Waals surface area contributed by atoms with E-state index in [2.05, 4.69) is 0 Å². The highest BCUT2D eigenvalue weighted by atomic mass is 16.4. The number of aliphatic hydroxyl groups excluding tert-OH is 7. The summed E-state index contributed by atoms with van der Waals surface area (Å²) in [5.74, 6) is -2.78. The van der Waals surface area contributed by atoms with Crippen LogP contribution in [-0.4, -0.2) is 114 Å². The predicted molar refractivity (Wildman–Crippen MR) is 82.4 cm³/mol. The fourth-order valence-corrected chi connectivity index (χ4v) is 2.21. The zero-order valence-corrected chi connectivity index (χ0v) is 14.1. The third kappa shape index (κ3) is 5.25. The van der Waals surface area contributed by atoms with E-state index >= 15 is 0 Å². The van der Waals surface area contributed by atoms with E-state index in [-0.39, 0.29) is 6.29 Å². The first kappa shape index (κ1) is 24.5. The summed E-state index contributed by atoms with van der Waals surface area (Å²) in [4.78, 5) is 34.9. The molecule has 12 nitrogen and oxygen atoms in total. The van der Waals surface area contributed by atoms with Gasteiger partial charge in [-0.15, -0.1) is 0 Å². The summed E-state index contributed by atoms with van der Waals surface area (Å²) in [6.07, 6.45) is -13.6. The van der Waals surface area contributed by atoms with Gasteiger partial charge in [-0.25, -0.2) is 0 Å². The summed E-state index contributed by atoms with van der Waals surface area (Å²) < 4.78 is 0. The number of Topliss-reactive ketones (excluding diaryl/α,β-unsaturated/α-hetero) is 1. The summed E-state index contributed by atoms with van der Waals surface area (Å²) in [7, 11) is 0. The number of aliphatic hydroxyl groups is 8. The van der Waals surface area contributed by atoms with E-state index in [9.17, 15) is 50.1 Å². The molecule has 0 aromatic rings. The molecule has 9 N–H and O–H groups in total. The lowest BCUT2D eigenvalue weighted by molar-refractivity contribution is -0.188. The summed E-state index contributed by atoms with van der Waals surface area (Å²) >= 11 is 0. The van der Waals surface area contributed by atoms with Crippen LogP contribution in [0.5, 0.6) is 0 Å². The van der Waals surface area contributed by atoms with Gasteiger partial charge in [-0.3, -0.25) is 9.59 Å². The molecule has 0 heterocycles. The lowest BCUT2D eigenvalue weighted by Crippen LogP contribution is -2.70. The number of nitrogens with one attached hydrogen (secondary N) is 1. The summed E-state index contributed by atoms with van der Waals surface area (Å²) in [6, 6.07) is -2.19. The van der Waals surface area contributed by atoms with Crippen molar-refractivity contribution >= 4 is 18.0 Å². The van der Waals surface area contributed by atoms with Crippen LogP contribution in [0.2, 0.25) is 0 Å². The van der Waals surface area contributed by atoms with Gasteiger partial charge in [0.2, 0.25) is 11.7 Å². The van der Waals surface area contributed by atoms with Crippen LogP contribution in [0.15, 0.2) is 0 Å². The van der Waals surface area contributed by atoms with E-state index in [0.717, 1.165) is 13.8 Å².